The molecule has 2 aliphatic rings. The summed E-state index contributed by atoms with van der Waals surface area (Å²) in [7, 11) is 1.22. The van der Waals surface area contributed by atoms with Crippen molar-refractivity contribution in [3.63, 3.8) is 0 Å². The summed E-state index contributed by atoms with van der Waals surface area (Å²) in [4.78, 5) is -0.238. The number of rotatable bonds is 1. The molecule has 0 spiro atoms. The Bertz CT molecular complexity index is 212. The van der Waals surface area contributed by atoms with Gasteiger partial charge in [0, 0.05) is 10.2 Å². The van der Waals surface area contributed by atoms with Crippen LogP contribution in [0, 0.1) is 5.92 Å². The Balaban J connectivity index is 2.29. The normalized spacial score (nSPS) is 42.1. The minimum Gasteiger partial charge on any atom is -0.100 e. The fourth-order valence-electron chi connectivity index (χ4n) is 2.48. The first-order valence-electron chi connectivity index (χ1n) is 4.12. The van der Waals surface area contributed by atoms with Crippen molar-refractivity contribution in [1.29, 1.82) is 0 Å². The molecule has 11 heavy (non-hydrogen) atoms. The van der Waals surface area contributed by atoms with Gasteiger partial charge in [-0.25, -0.2) is 0 Å². The van der Waals surface area contributed by atoms with E-state index in [1.165, 1.54) is 35.1 Å². The average Bonchev–Trinajstić information content (AvgIpc) is 2.41. The molecule has 0 nitrogen and oxygen atoms in total. The molecule has 0 aromatic carbocycles. The molecule has 0 amide bonds. The zero-order chi connectivity index (χ0) is 8.06. The van der Waals surface area contributed by atoms with E-state index in [1.54, 1.807) is 0 Å². The van der Waals surface area contributed by atoms with Crippen LogP contribution >= 0.6 is 23.2 Å². The summed E-state index contributed by atoms with van der Waals surface area (Å²) in [6, 6.07) is 0. The third-order valence-electron chi connectivity index (χ3n) is 3.13. The van der Waals surface area contributed by atoms with E-state index in [0.29, 0.717) is 5.04 Å². The van der Waals surface area contributed by atoms with Gasteiger partial charge in [-0.15, -0.1) is 23.2 Å². The van der Waals surface area contributed by atoms with Crippen molar-refractivity contribution in [2.24, 2.45) is 5.92 Å². The number of alkyl halides is 2. The van der Waals surface area contributed by atoms with Gasteiger partial charge in [0.15, 0.2) is 0 Å². The molecule has 2 atom stereocenters. The summed E-state index contributed by atoms with van der Waals surface area (Å²) in [5, 5.41) is 0.485. The molecule has 62 valence electrons. The van der Waals surface area contributed by atoms with Crippen LogP contribution < -0.4 is 0 Å². The number of allylic oxidation sites excluding steroid dienone is 2. The minimum absolute atomic E-state index is 0.238. The molecule has 0 heterocycles. The van der Waals surface area contributed by atoms with Crippen molar-refractivity contribution < 1.29 is 0 Å². The van der Waals surface area contributed by atoms with Gasteiger partial charge in [0.2, 0.25) is 0 Å². The van der Waals surface area contributed by atoms with E-state index < -0.39 is 0 Å². The smallest absolute Gasteiger partial charge is 0.100 e. The van der Waals surface area contributed by atoms with Crippen LogP contribution in [0.4, 0.5) is 0 Å². The lowest BCUT2D eigenvalue weighted by atomic mass is 9.99. The summed E-state index contributed by atoms with van der Waals surface area (Å²) < 4.78 is 0. The molecule has 0 aromatic rings. The van der Waals surface area contributed by atoms with Crippen molar-refractivity contribution in [1.82, 2.24) is 0 Å². The number of hydrogen-bond donors (Lipinski definition) is 0. The third kappa shape index (κ3) is 1.18. The molecular formula is C8H12Cl2Si. The summed E-state index contributed by atoms with van der Waals surface area (Å²) in [5.74, 6) is 0.808. The largest absolute Gasteiger partial charge is 0.129 e. The molecule has 2 rings (SSSR count). The molecule has 0 N–H and O–H groups in total. The summed E-state index contributed by atoms with van der Waals surface area (Å²) in [5.41, 5.74) is 1.34. The van der Waals surface area contributed by atoms with Gasteiger partial charge in [0.05, 0.1) is 0 Å². The van der Waals surface area contributed by atoms with Gasteiger partial charge in [-0.3, -0.25) is 0 Å². The van der Waals surface area contributed by atoms with E-state index in [-0.39, 0.29) is 4.84 Å². The van der Waals surface area contributed by atoms with Crippen LogP contribution in [0.2, 0.25) is 5.04 Å². The van der Waals surface area contributed by atoms with Crippen molar-refractivity contribution in [2.75, 3.05) is 0 Å². The highest BCUT2D eigenvalue weighted by Gasteiger charge is 2.44. The molecule has 1 saturated carbocycles. The quantitative estimate of drug-likeness (QED) is 0.350. The topological polar surface area (TPSA) is 0 Å². The van der Waals surface area contributed by atoms with Crippen molar-refractivity contribution in [3.05, 3.63) is 11.6 Å². The highest BCUT2D eigenvalue weighted by atomic mass is 35.5. The molecule has 0 radical (unpaired) electrons. The van der Waals surface area contributed by atoms with E-state index >= 15 is 0 Å². The molecule has 1 fully saturated rings. The molecule has 0 aromatic heterocycles. The molecule has 0 aliphatic heterocycles. The maximum absolute atomic E-state index is 5.89. The lowest BCUT2D eigenvalue weighted by Gasteiger charge is -2.25. The van der Waals surface area contributed by atoms with E-state index in [2.05, 4.69) is 6.08 Å². The maximum Gasteiger partial charge on any atom is 0.129 e. The lowest BCUT2D eigenvalue weighted by Crippen LogP contribution is -2.13. The summed E-state index contributed by atoms with van der Waals surface area (Å²) in [6.45, 7) is 0. The highest BCUT2D eigenvalue weighted by molar-refractivity contribution is 6.47. The molecule has 2 aliphatic carbocycles. The lowest BCUT2D eigenvalue weighted by molar-refractivity contribution is 0.680. The van der Waals surface area contributed by atoms with Crippen LogP contribution in [0.3, 0.4) is 0 Å². The first kappa shape index (κ1) is 8.15. The first-order valence-corrected chi connectivity index (χ1v) is 5.99. The second-order valence-corrected chi connectivity index (χ2v) is 7.00. The zero-order valence-corrected chi connectivity index (χ0v) is 10.1. The van der Waals surface area contributed by atoms with Crippen LogP contribution in [-0.4, -0.2) is 15.1 Å². The monoisotopic (exact) mass is 206 g/mol. The zero-order valence-electron chi connectivity index (χ0n) is 6.61. The Morgan fingerprint density at radius 3 is 2.64 bits per heavy atom. The summed E-state index contributed by atoms with van der Waals surface area (Å²) in [6.07, 6.45) is 6.37. The second kappa shape index (κ2) is 2.51. The van der Waals surface area contributed by atoms with Gasteiger partial charge in [-0.1, -0.05) is 6.08 Å². The van der Waals surface area contributed by atoms with Crippen LogP contribution in [-0.2, 0) is 0 Å². The van der Waals surface area contributed by atoms with Gasteiger partial charge in [-0.05, 0) is 35.8 Å². The van der Waals surface area contributed by atoms with Crippen molar-refractivity contribution in [3.8, 4) is 0 Å². The Morgan fingerprint density at radius 1 is 1.64 bits per heavy atom. The summed E-state index contributed by atoms with van der Waals surface area (Å²) >= 11 is 11.8. The number of hydrogen-bond acceptors (Lipinski definition) is 0. The van der Waals surface area contributed by atoms with Gasteiger partial charge < -0.3 is 0 Å². The highest BCUT2D eigenvalue weighted by Crippen LogP contribution is 2.59. The Morgan fingerprint density at radius 2 is 2.36 bits per heavy atom. The van der Waals surface area contributed by atoms with Crippen molar-refractivity contribution >= 4 is 33.4 Å². The molecule has 3 heteroatoms. The molecule has 0 saturated heterocycles. The standard InChI is InChI=1S/C8H12Cl2Si/c9-7(10)6-3-5-1-2-8(6,11)4-5/h3,5,7H,1-2,4H2,11H3. The van der Waals surface area contributed by atoms with Gasteiger partial charge >= 0.3 is 0 Å². The van der Waals surface area contributed by atoms with Crippen LogP contribution in [0.15, 0.2) is 11.6 Å². The molecule has 2 unspecified atom stereocenters. The Kier molecular flexibility index (Phi) is 1.86. The minimum atomic E-state index is -0.238. The van der Waals surface area contributed by atoms with Gasteiger partial charge in [0.1, 0.15) is 4.84 Å². The van der Waals surface area contributed by atoms with E-state index in [0.717, 1.165) is 5.92 Å². The van der Waals surface area contributed by atoms with Crippen LogP contribution in [0.1, 0.15) is 19.3 Å². The SMILES string of the molecule is [SiH3]C12CCC(C=C1C(Cl)Cl)C2. The third-order valence-corrected chi connectivity index (χ3v) is 5.08. The number of halogens is 2. The van der Waals surface area contributed by atoms with Gasteiger partial charge in [0.25, 0.3) is 0 Å². The fraction of sp³-hybridized carbons (Fsp3) is 0.750. The van der Waals surface area contributed by atoms with E-state index in [9.17, 15) is 0 Å². The van der Waals surface area contributed by atoms with E-state index in [1.807, 2.05) is 0 Å². The fourth-order valence-corrected chi connectivity index (χ4v) is 4.79. The number of fused-ring (bicyclic) bond motifs is 2. The predicted octanol–water partition coefficient (Wildman–Crippen LogP) is 2.05. The molecule has 2 bridgehead atoms. The van der Waals surface area contributed by atoms with Crippen LogP contribution in [0.5, 0.6) is 0 Å². The van der Waals surface area contributed by atoms with Gasteiger partial charge in [-0.2, -0.15) is 0 Å². The Hall–Kier alpha value is 0.537. The van der Waals surface area contributed by atoms with E-state index in [4.69, 9.17) is 23.2 Å². The molecular weight excluding hydrogens is 195 g/mol. The van der Waals surface area contributed by atoms with Crippen molar-refractivity contribution in [2.45, 2.75) is 29.1 Å². The van der Waals surface area contributed by atoms with Crippen LogP contribution in [0.25, 0.3) is 0 Å². The maximum atomic E-state index is 5.89. The average molecular weight is 207 g/mol. The Labute approximate surface area is 80.4 Å². The first-order chi connectivity index (χ1) is 5.12. The predicted molar refractivity (Wildman–Crippen MR) is 53.6 cm³/mol. The second-order valence-electron chi connectivity index (χ2n) is 3.99.